The van der Waals surface area contributed by atoms with Crippen molar-refractivity contribution in [3.05, 3.63) is 29.6 Å². The van der Waals surface area contributed by atoms with Gasteiger partial charge in [-0.3, -0.25) is 0 Å². The molecule has 12 heavy (non-hydrogen) atoms. The molecule has 0 unspecified atom stereocenters. The van der Waals surface area contributed by atoms with Crippen LogP contribution < -0.4 is 0 Å². The standard InChI is InChI=1S/C11H13N/c1-4-11-10(8-9(2)3)6-5-7-12-11/h1,5-7,9H,8H2,2-3H3. The molecule has 0 aliphatic carbocycles. The summed E-state index contributed by atoms with van der Waals surface area (Å²) in [5.41, 5.74) is 1.96. The monoisotopic (exact) mass is 159 g/mol. The summed E-state index contributed by atoms with van der Waals surface area (Å²) < 4.78 is 0. The molecule has 1 aromatic heterocycles. The van der Waals surface area contributed by atoms with Crippen molar-refractivity contribution >= 4 is 0 Å². The van der Waals surface area contributed by atoms with Gasteiger partial charge in [-0.2, -0.15) is 0 Å². The van der Waals surface area contributed by atoms with Gasteiger partial charge in [0.15, 0.2) is 0 Å². The van der Waals surface area contributed by atoms with Gasteiger partial charge in [-0.15, -0.1) is 6.42 Å². The van der Waals surface area contributed by atoms with Crippen LogP contribution in [0.5, 0.6) is 0 Å². The molecule has 0 fully saturated rings. The molecular weight excluding hydrogens is 146 g/mol. The van der Waals surface area contributed by atoms with E-state index >= 15 is 0 Å². The molecule has 1 heterocycles. The first kappa shape index (κ1) is 8.80. The predicted molar refractivity (Wildman–Crippen MR) is 50.7 cm³/mol. The maximum absolute atomic E-state index is 5.31. The van der Waals surface area contributed by atoms with Gasteiger partial charge >= 0.3 is 0 Å². The highest BCUT2D eigenvalue weighted by molar-refractivity contribution is 5.33. The highest BCUT2D eigenvalue weighted by Crippen LogP contribution is 2.09. The minimum absolute atomic E-state index is 0.626. The van der Waals surface area contributed by atoms with Gasteiger partial charge in [0.1, 0.15) is 5.69 Å². The van der Waals surface area contributed by atoms with Crippen LogP contribution >= 0.6 is 0 Å². The van der Waals surface area contributed by atoms with Crippen LogP contribution in [0.15, 0.2) is 18.3 Å². The predicted octanol–water partition coefficient (Wildman–Crippen LogP) is 2.26. The summed E-state index contributed by atoms with van der Waals surface area (Å²) >= 11 is 0. The van der Waals surface area contributed by atoms with Gasteiger partial charge in [0.2, 0.25) is 0 Å². The smallest absolute Gasteiger partial charge is 0.116 e. The van der Waals surface area contributed by atoms with Crippen LogP contribution in [0.4, 0.5) is 0 Å². The third kappa shape index (κ3) is 2.10. The van der Waals surface area contributed by atoms with E-state index in [4.69, 9.17) is 6.42 Å². The fraction of sp³-hybridized carbons (Fsp3) is 0.364. The number of pyridine rings is 1. The molecule has 1 nitrogen and oxygen atoms in total. The number of terminal acetylenes is 1. The lowest BCUT2D eigenvalue weighted by Crippen LogP contribution is -1.98. The van der Waals surface area contributed by atoms with E-state index in [1.54, 1.807) is 6.20 Å². The summed E-state index contributed by atoms with van der Waals surface area (Å²) in [6, 6.07) is 3.97. The number of rotatable bonds is 2. The molecule has 0 aromatic carbocycles. The third-order valence-corrected chi connectivity index (χ3v) is 1.66. The average molecular weight is 159 g/mol. The van der Waals surface area contributed by atoms with Crippen LogP contribution in [0.1, 0.15) is 25.1 Å². The minimum atomic E-state index is 0.626. The molecule has 0 aliphatic rings. The molecule has 1 aromatic rings. The summed E-state index contributed by atoms with van der Waals surface area (Å²) in [4.78, 5) is 4.11. The van der Waals surface area contributed by atoms with Crippen molar-refractivity contribution in [1.29, 1.82) is 0 Å². The Morgan fingerprint density at radius 2 is 2.33 bits per heavy atom. The zero-order chi connectivity index (χ0) is 8.97. The lowest BCUT2D eigenvalue weighted by molar-refractivity contribution is 0.644. The molecular formula is C11H13N. The molecule has 0 aliphatic heterocycles. The van der Waals surface area contributed by atoms with Crippen molar-refractivity contribution in [3.63, 3.8) is 0 Å². The number of hydrogen-bond acceptors (Lipinski definition) is 1. The summed E-state index contributed by atoms with van der Waals surface area (Å²) in [6.45, 7) is 4.35. The fourth-order valence-electron chi connectivity index (χ4n) is 1.17. The van der Waals surface area contributed by atoms with Crippen molar-refractivity contribution in [2.45, 2.75) is 20.3 Å². The normalized spacial score (nSPS) is 9.83. The van der Waals surface area contributed by atoms with Gasteiger partial charge in [0, 0.05) is 6.20 Å². The molecule has 0 atom stereocenters. The Labute approximate surface area is 73.8 Å². The molecule has 0 amide bonds. The molecule has 1 rings (SSSR count). The van der Waals surface area contributed by atoms with Gasteiger partial charge in [-0.05, 0) is 29.9 Å². The van der Waals surface area contributed by atoms with Crippen molar-refractivity contribution < 1.29 is 0 Å². The quantitative estimate of drug-likeness (QED) is 0.603. The number of aromatic nitrogens is 1. The first-order valence-electron chi connectivity index (χ1n) is 4.14. The number of nitrogens with zero attached hydrogens (tertiary/aromatic N) is 1. The van der Waals surface area contributed by atoms with E-state index in [-0.39, 0.29) is 0 Å². The van der Waals surface area contributed by atoms with E-state index in [2.05, 4.69) is 24.8 Å². The number of hydrogen-bond donors (Lipinski definition) is 0. The van der Waals surface area contributed by atoms with Gasteiger partial charge < -0.3 is 0 Å². The zero-order valence-electron chi connectivity index (χ0n) is 7.54. The largest absolute Gasteiger partial charge is 0.248 e. The van der Waals surface area contributed by atoms with Crippen LogP contribution in [0.25, 0.3) is 0 Å². The lowest BCUT2D eigenvalue weighted by Gasteiger charge is -2.05. The molecule has 62 valence electrons. The second-order valence-corrected chi connectivity index (χ2v) is 3.25. The van der Waals surface area contributed by atoms with E-state index in [9.17, 15) is 0 Å². The molecule has 1 heteroatoms. The van der Waals surface area contributed by atoms with Crippen molar-refractivity contribution in [1.82, 2.24) is 4.98 Å². The SMILES string of the molecule is C#Cc1ncccc1CC(C)C. The topological polar surface area (TPSA) is 12.9 Å². The average Bonchev–Trinajstić information content (AvgIpc) is 2.04. The Kier molecular flexibility index (Phi) is 2.88. The molecule has 0 radical (unpaired) electrons. The summed E-state index contributed by atoms with van der Waals surface area (Å²) in [7, 11) is 0. The van der Waals surface area contributed by atoms with E-state index in [0.29, 0.717) is 5.92 Å². The Hall–Kier alpha value is -1.29. The van der Waals surface area contributed by atoms with Crippen LogP contribution in [-0.2, 0) is 6.42 Å². The molecule has 0 bridgehead atoms. The van der Waals surface area contributed by atoms with E-state index in [1.807, 2.05) is 12.1 Å². The van der Waals surface area contributed by atoms with E-state index in [1.165, 1.54) is 5.56 Å². The van der Waals surface area contributed by atoms with Crippen molar-refractivity contribution in [2.75, 3.05) is 0 Å². The van der Waals surface area contributed by atoms with Gasteiger partial charge in [0.05, 0.1) is 0 Å². The molecule has 0 saturated heterocycles. The third-order valence-electron chi connectivity index (χ3n) is 1.66. The fourth-order valence-corrected chi connectivity index (χ4v) is 1.17. The Morgan fingerprint density at radius 3 is 2.92 bits per heavy atom. The Morgan fingerprint density at radius 1 is 1.58 bits per heavy atom. The van der Waals surface area contributed by atoms with Crippen molar-refractivity contribution in [2.24, 2.45) is 5.92 Å². The Bertz CT molecular complexity index is 294. The van der Waals surface area contributed by atoms with Crippen LogP contribution in [-0.4, -0.2) is 4.98 Å². The first-order chi connectivity index (χ1) is 5.74. The van der Waals surface area contributed by atoms with Crippen LogP contribution in [0.3, 0.4) is 0 Å². The maximum Gasteiger partial charge on any atom is 0.116 e. The molecule has 0 saturated carbocycles. The highest BCUT2D eigenvalue weighted by atomic mass is 14.7. The lowest BCUT2D eigenvalue weighted by atomic mass is 10.0. The van der Waals surface area contributed by atoms with Gasteiger partial charge in [0.25, 0.3) is 0 Å². The van der Waals surface area contributed by atoms with Crippen molar-refractivity contribution in [3.8, 4) is 12.3 Å². The first-order valence-corrected chi connectivity index (χ1v) is 4.14. The van der Waals surface area contributed by atoms with Crippen LogP contribution in [0, 0.1) is 18.3 Å². The van der Waals surface area contributed by atoms with Crippen LogP contribution in [0.2, 0.25) is 0 Å². The Balaban J connectivity index is 2.91. The van der Waals surface area contributed by atoms with Gasteiger partial charge in [-0.25, -0.2) is 4.98 Å². The molecule has 0 spiro atoms. The van der Waals surface area contributed by atoms with E-state index in [0.717, 1.165) is 12.1 Å². The zero-order valence-corrected chi connectivity index (χ0v) is 7.54. The summed E-state index contributed by atoms with van der Waals surface area (Å²) in [6.07, 6.45) is 8.06. The van der Waals surface area contributed by atoms with E-state index < -0.39 is 0 Å². The summed E-state index contributed by atoms with van der Waals surface area (Å²) in [5.74, 6) is 3.22. The second-order valence-electron chi connectivity index (χ2n) is 3.25. The highest BCUT2D eigenvalue weighted by Gasteiger charge is 2.02. The summed E-state index contributed by atoms with van der Waals surface area (Å²) in [5, 5.41) is 0. The molecule has 0 N–H and O–H groups in total. The second kappa shape index (κ2) is 3.92. The van der Waals surface area contributed by atoms with Gasteiger partial charge in [-0.1, -0.05) is 19.9 Å². The maximum atomic E-state index is 5.31. The minimum Gasteiger partial charge on any atom is -0.248 e.